The normalized spacial score (nSPS) is 36.9. The van der Waals surface area contributed by atoms with Crippen molar-refractivity contribution in [2.24, 2.45) is 11.8 Å². The molecule has 1 unspecified atom stereocenters. The maximum Gasteiger partial charge on any atom is 0.133 e. The second kappa shape index (κ2) is 2.51. The lowest BCUT2D eigenvalue weighted by Gasteiger charge is -2.21. The standard InChI is InChI=1S/C8H14O/c1-6-3-7(2)5-8(9)4-6/h6-7H,3-5H2,1-2H3/t6-,7?/m1/s1. The van der Waals surface area contributed by atoms with E-state index in [1.54, 1.807) is 0 Å². The third-order valence-electron chi connectivity index (χ3n) is 1.96. The highest BCUT2D eigenvalue weighted by Crippen LogP contribution is 2.25. The van der Waals surface area contributed by atoms with E-state index in [9.17, 15) is 4.79 Å². The Morgan fingerprint density at radius 3 is 2.00 bits per heavy atom. The van der Waals surface area contributed by atoms with Crippen molar-refractivity contribution in [3.8, 4) is 0 Å². The summed E-state index contributed by atoms with van der Waals surface area (Å²) >= 11 is 0. The summed E-state index contributed by atoms with van der Waals surface area (Å²) in [5.74, 6) is 1.74. The van der Waals surface area contributed by atoms with E-state index in [1.165, 1.54) is 6.42 Å². The van der Waals surface area contributed by atoms with Gasteiger partial charge in [-0.15, -0.1) is 0 Å². The number of ketones is 1. The Labute approximate surface area is 56.4 Å². The number of rotatable bonds is 0. The molecule has 1 heteroatoms. The molecule has 1 aliphatic rings. The highest BCUT2D eigenvalue weighted by molar-refractivity contribution is 5.79. The first-order chi connectivity index (χ1) is 4.18. The molecule has 0 amide bonds. The van der Waals surface area contributed by atoms with Crippen LogP contribution in [0.15, 0.2) is 0 Å². The summed E-state index contributed by atoms with van der Waals surface area (Å²) in [6, 6.07) is 0. The molecule has 0 heterocycles. The van der Waals surface area contributed by atoms with Crippen molar-refractivity contribution in [3.63, 3.8) is 0 Å². The van der Waals surface area contributed by atoms with E-state index in [-0.39, 0.29) is 0 Å². The van der Waals surface area contributed by atoms with Crippen molar-refractivity contribution in [1.29, 1.82) is 0 Å². The average molecular weight is 126 g/mol. The van der Waals surface area contributed by atoms with Gasteiger partial charge in [0.05, 0.1) is 0 Å². The minimum absolute atomic E-state index is 0.459. The van der Waals surface area contributed by atoms with Gasteiger partial charge < -0.3 is 0 Å². The van der Waals surface area contributed by atoms with Crippen LogP contribution in [0.25, 0.3) is 0 Å². The first-order valence-electron chi connectivity index (χ1n) is 3.70. The van der Waals surface area contributed by atoms with Crippen LogP contribution in [0.1, 0.15) is 33.1 Å². The van der Waals surface area contributed by atoms with Gasteiger partial charge in [-0.1, -0.05) is 13.8 Å². The quantitative estimate of drug-likeness (QED) is 0.485. The highest BCUT2D eigenvalue weighted by Gasteiger charge is 2.20. The fraction of sp³-hybridized carbons (Fsp3) is 0.875. The summed E-state index contributed by atoms with van der Waals surface area (Å²) < 4.78 is 0. The molecule has 9 heavy (non-hydrogen) atoms. The molecule has 0 aliphatic heterocycles. The summed E-state index contributed by atoms with van der Waals surface area (Å²) in [5.41, 5.74) is 0. The van der Waals surface area contributed by atoms with Crippen LogP contribution in [0.2, 0.25) is 0 Å². The lowest BCUT2D eigenvalue weighted by Crippen LogP contribution is -2.18. The molecule has 0 aromatic rings. The third kappa shape index (κ3) is 1.81. The van der Waals surface area contributed by atoms with Gasteiger partial charge in [-0.3, -0.25) is 4.79 Å². The zero-order chi connectivity index (χ0) is 6.85. The van der Waals surface area contributed by atoms with Gasteiger partial charge in [-0.05, 0) is 18.3 Å². The number of hydrogen-bond donors (Lipinski definition) is 0. The van der Waals surface area contributed by atoms with Gasteiger partial charge in [0.2, 0.25) is 0 Å². The van der Waals surface area contributed by atoms with E-state index in [4.69, 9.17) is 0 Å². The Kier molecular flexibility index (Phi) is 1.89. The number of carbonyl (C=O) groups is 1. The van der Waals surface area contributed by atoms with E-state index >= 15 is 0 Å². The fourth-order valence-electron chi connectivity index (χ4n) is 1.71. The van der Waals surface area contributed by atoms with Gasteiger partial charge >= 0.3 is 0 Å². The smallest absolute Gasteiger partial charge is 0.133 e. The van der Waals surface area contributed by atoms with Crippen LogP contribution in [0, 0.1) is 11.8 Å². The molecule has 0 radical (unpaired) electrons. The molecule has 0 bridgehead atoms. The van der Waals surface area contributed by atoms with Crippen LogP contribution in [0.3, 0.4) is 0 Å². The van der Waals surface area contributed by atoms with Gasteiger partial charge in [-0.25, -0.2) is 0 Å². The van der Waals surface area contributed by atoms with Crippen molar-refractivity contribution < 1.29 is 4.79 Å². The topological polar surface area (TPSA) is 17.1 Å². The first-order valence-corrected chi connectivity index (χ1v) is 3.70. The minimum atomic E-state index is 0.459. The summed E-state index contributed by atoms with van der Waals surface area (Å²) in [6.45, 7) is 4.32. The molecule has 1 aliphatic carbocycles. The van der Waals surface area contributed by atoms with Gasteiger partial charge in [0.15, 0.2) is 0 Å². The van der Waals surface area contributed by atoms with Crippen LogP contribution in [0.5, 0.6) is 0 Å². The molecule has 1 saturated carbocycles. The zero-order valence-corrected chi connectivity index (χ0v) is 6.18. The molecule has 0 aromatic carbocycles. The molecule has 0 saturated heterocycles. The van der Waals surface area contributed by atoms with Crippen LogP contribution in [0.4, 0.5) is 0 Å². The molecular formula is C8H14O. The molecule has 0 spiro atoms. The van der Waals surface area contributed by atoms with Gasteiger partial charge in [0.25, 0.3) is 0 Å². The average Bonchev–Trinajstić information content (AvgIpc) is 1.59. The first kappa shape index (κ1) is 6.79. The minimum Gasteiger partial charge on any atom is -0.300 e. The molecule has 1 nitrogen and oxygen atoms in total. The Morgan fingerprint density at radius 1 is 1.22 bits per heavy atom. The molecule has 2 atom stereocenters. The fourth-order valence-corrected chi connectivity index (χ4v) is 1.71. The number of Topliss-reactive ketones (excluding diaryl/α,β-unsaturated/α-hetero) is 1. The monoisotopic (exact) mass is 126 g/mol. The highest BCUT2D eigenvalue weighted by atomic mass is 16.1. The van der Waals surface area contributed by atoms with Crippen molar-refractivity contribution in [1.82, 2.24) is 0 Å². The molecule has 0 N–H and O–H groups in total. The SMILES string of the molecule is CC1CC(=O)C[C@H](C)C1. The maximum absolute atomic E-state index is 10.9. The lowest BCUT2D eigenvalue weighted by atomic mass is 9.83. The van der Waals surface area contributed by atoms with Gasteiger partial charge in [-0.2, -0.15) is 0 Å². The van der Waals surface area contributed by atoms with Gasteiger partial charge in [0.1, 0.15) is 5.78 Å². The third-order valence-corrected chi connectivity index (χ3v) is 1.96. The summed E-state index contributed by atoms with van der Waals surface area (Å²) in [4.78, 5) is 10.9. The largest absolute Gasteiger partial charge is 0.300 e. The molecular weight excluding hydrogens is 112 g/mol. The molecule has 52 valence electrons. The Balaban J connectivity index is 2.43. The van der Waals surface area contributed by atoms with Gasteiger partial charge in [0, 0.05) is 12.8 Å². The summed E-state index contributed by atoms with van der Waals surface area (Å²) in [6.07, 6.45) is 2.89. The Bertz CT molecular complexity index is 106. The van der Waals surface area contributed by atoms with E-state index in [1.807, 2.05) is 0 Å². The molecule has 1 rings (SSSR count). The van der Waals surface area contributed by atoms with Crippen LogP contribution in [-0.4, -0.2) is 5.78 Å². The van der Waals surface area contributed by atoms with Crippen molar-refractivity contribution in [3.05, 3.63) is 0 Å². The van der Waals surface area contributed by atoms with E-state index in [0.717, 1.165) is 12.8 Å². The number of hydrogen-bond acceptors (Lipinski definition) is 1. The molecule has 1 fully saturated rings. The maximum atomic E-state index is 10.9. The second-order valence-electron chi connectivity index (χ2n) is 3.39. The van der Waals surface area contributed by atoms with Crippen LogP contribution < -0.4 is 0 Å². The molecule has 0 aromatic heterocycles. The van der Waals surface area contributed by atoms with Crippen LogP contribution in [-0.2, 0) is 4.79 Å². The predicted octanol–water partition coefficient (Wildman–Crippen LogP) is 2.01. The summed E-state index contributed by atoms with van der Waals surface area (Å²) in [5, 5.41) is 0. The Hall–Kier alpha value is -0.330. The number of carbonyl (C=O) groups excluding carboxylic acids is 1. The van der Waals surface area contributed by atoms with Crippen molar-refractivity contribution in [2.45, 2.75) is 33.1 Å². The van der Waals surface area contributed by atoms with Crippen molar-refractivity contribution >= 4 is 5.78 Å². The van der Waals surface area contributed by atoms with E-state index in [2.05, 4.69) is 13.8 Å². The van der Waals surface area contributed by atoms with E-state index in [0.29, 0.717) is 17.6 Å². The predicted molar refractivity (Wildman–Crippen MR) is 37.2 cm³/mol. The summed E-state index contributed by atoms with van der Waals surface area (Å²) in [7, 11) is 0. The lowest BCUT2D eigenvalue weighted by molar-refractivity contribution is -0.122. The van der Waals surface area contributed by atoms with E-state index < -0.39 is 0 Å². The van der Waals surface area contributed by atoms with Crippen LogP contribution >= 0.6 is 0 Å². The zero-order valence-electron chi connectivity index (χ0n) is 6.18. The second-order valence-corrected chi connectivity index (χ2v) is 3.39. The Morgan fingerprint density at radius 2 is 1.67 bits per heavy atom. The van der Waals surface area contributed by atoms with Crippen molar-refractivity contribution in [2.75, 3.05) is 0 Å².